The number of hydrogen-bond acceptors (Lipinski definition) is 4. The van der Waals surface area contributed by atoms with Gasteiger partial charge in [-0.3, -0.25) is 14.2 Å². The molecule has 0 saturated heterocycles. The molecule has 0 radical (unpaired) electrons. The number of likely N-dealkylation sites (N-methyl/N-ethyl adjacent to an activating group) is 1. The number of halogens is 3. The summed E-state index contributed by atoms with van der Waals surface area (Å²) in [5.41, 5.74) is 2.98. The standard InChI is InChI=1S/C25H24ClF2N3O3/c1-15-9-22(34-14-17-3-5-19(27)11-21(17)28)24(26)25(33)31(15)20-6-4-16-7-8-30(13-18(16)10-20)23(32)12-29-2/h3-6,9-11,29H,7-8,12-14H2,1-2H3. The maximum absolute atomic E-state index is 13.9. The minimum absolute atomic E-state index is 0.0223. The Morgan fingerprint density at radius 2 is 1.94 bits per heavy atom. The van der Waals surface area contributed by atoms with E-state index < -0.39 is 17.2 Å². The third kappa shape index (κ3) is 4.83. The van der Waals surface area contributed by atoms with Crippen molar-refractivity contribution in [1.29, 1.82) is 0 Å². The van der Waals surface area contributed by atoms with Gasteiger partial charge in [-0.25, -0.2) is 8.78 Å². The summed E-state index contributed by atoms with van der Waals surface area (Å²) in [6, 6.07) is 10.5. The molecule has 0 aliphatic carbocycles. The highest BCUT2D eigenvalue weighted by molar-refractivity contribution is 6.31. The van der Waals surface area contributed by atoms with Crippen molar-refractivity contribution in [3.05, 3.63) is 91.9 Å². The lowest BCUT2D eigenvalue weighted by Crippen LogP contribution is -2.40. The van der Waals surface area contributed by atoms with E-state index in [1.165, 1.54) is 10.6 Å². The normalized spacial score (nSPS) is 13.0. The Bertz CT molecular complexity index is 1310. The molecule has 6 nitrogen and oxygen atoms in total. The highest BCUT2D eigenvalue weighted by atomic mass is 35.5. The van der Waals surface area contributed by atoms with Gasteiger partial charge in [-0.2, -0.15) is 0 Å². The molecule has 4 rings (SSSR count). The molecule has 1 aliphatic rings. The lowest BCUT2D eigenvalue weighted by molar-refractivity contribution is -0.131. The van der Waals surface area contributed by atoms with Crippen LogP contribution in [0.1, 0.15) is 22.4 Å². The first-order valence-electron chi connectivity index (χ1n) is 10.8. The number of benzene rings is 2. The second kappa shape index (κ2) is 9.95. The van der Waals surface area contributed by atoms with Crippen LogP contribution in [0.2, 0.25) is 5.02 Å². The van der Waals surface area contributed by atoms with Gasteiger partial charge in [0.15, 0.2) is 0 Å². The average Bonchev–Trinajstić information content (AvgIpc) is 2.81. The van der Waals surface area contributed by atoms with Gasteiger partial charge in [0, 0.05) is 42.2 Å². The van der Waals surface area contributed by atoms with E-state index >= 15 is 0 Å². The van der Waals surface area contributed by atoms with E-state index in [2.05, 4.69) is 5.32 Å². The Labute approximate surface area is 200 Å². The number of aryl methyl sites for hydroxylation is 1. The van der Waals surface area contributed by atoms with E-state index in [9.17, 15) is 18.4 Å². The summed E-state index contributed by atoms with van der Waals surface area (Å²) in [4.78, 5) is 27.2. The maximum Gasteiger partial charge on any atom is 0.277 e. The van der Waals surface area contributed by atoms with Gasteiger partial charge in [-0.1, -0.05) is 17.7 Å². The number of amides is 1. The molecule has 0 bridgehead atoms. The number of nitrogens with one attached hydrogen (secondary N) is 1. The second-order valence-corrected chi connectivity index (χ2v) is 8.56. The van der Waals surface area contributed by atoms with Crippen LogP contribution in [0.4, 0.5) is 8.78 Å². The number of rotatable bonds is 6. The van der Waals surface area contributed by atoms with Crippen LogP contribution in [0, 0.1) is 18.6 Å². The largest absolute Gasteiger partial charge is 0.487 e. The summed E-state index contributed by atoms with van der Waals surface area (Å²) in [6.07, 6.45) is 0.742. The highest BCUT2D eigenvalue weighted by Crippen LogP contribution is 2.27. The molecule has 1 N–H and O–H groups in total. The summed E-state index contributed by atoms with van der Waals surface area (Å²) >= 11 is 6.32. The summed E-state index contributed by atoms with van der Waals surface area (Å²) < 4.78 is 34.1. The SMILES string of the molecule is CNCC(=O)N1CCc2ccc(-n3c(C)cc(OCc4ccc(F)cc4F)c(Cl)c3=O)cc2C1. The van der Waals surface area contributed by atoms with E-state index in [1.54, 1.807) is 24.9 Å². The molecule has 178 valence electrons. The van der Waals surface area contributed by atoms with Crippen LogP contribution in [0.25, 0.3) is 5.69 Å². The molecule has 0 spiro atoms. The fourth-order valence-corrected chi connectivity index (χ4v) is 4.25. The molecule has 34 heavy (non-hydrogen) atoms. The Morgan fingerprint density at radius 1 is 1.15 bits per heavy atom. The quantitative estimate of drug-likeness (QED) is 0.575. The summed E-state index contributed by atoms with van der Waals surface area (Å²) in [6.45, 7) is 2.93. The molecule has 2 heterocycles. The molecule has 0 fully saturated rings. The first-order chi connectivity index (χ1) is 16.3. The van der Waals surface area contributed by atoms with E-state index in [-0.39, 0.29) is 35.4 Å². The smallest absolute Gasteiger partial charge is 0.277 e. The number of nitrogens with zero attached hydrogens (tertiary/aromatic N) is 2. The van der Waals surface area contributed by atoms with Crippen LogP contribution in [-0.2, 0) is 24.4 Å². The van der Waals surface area contributed by atoms with E-state index in [4.69, 9.17) is 16.3 Å². The van der Waals surface area contributed by atoms with E-state index in [0.717, 1.165) is 29.7 Å². The predicted octanol–water partition coefficient (Wildman–Crippen LogP) is 3.76. The Kier molecular flexibility index (Phi) is 7.00. The molecule has 1 aromatic heterocycles. The molecule has 1 amide bonds. The number of fused-ring (bicyclic) bond motifs is 1. The minimum atomic E-state index is -0.738. The van der Waals surface area contributed by atoms with Gasteiger partial charge in [0.2, 0.25) is 5.91 Å². The van der Waals surface area contributed by atoms with Crippen LogP contribution in [0.3, 0.4) is 0 Å². The van der Waals surface area contributed by atoms with Crippen LogP contribution in [0.15, 0.2) is 47.3 Å². The number of aromatic nitrogens is 1. The molecule has 0 atom stereocenters. The van der Waals surface area contributed by atoms with Gasteiger partial charge in [0.25, 0.3) is 5.56 Å². The Hall–Kier alpha value is -3.23. The first kappa shape index (κ1) is 23.9. The summed E-state index contributed by atoms with van der Waals surface area (Å²) in [5, 5.41) is 2.74. The molecular weight excluding hydrogens is 464 g/mol. The zero-order valence-electron chi connectivity index (χ0n) is 18.8. The topological polar surface area (TPSA) is 63.6 Å². The van der Waals surface area contributed by atoms with Crippen molar-refractivity contribution in [3.8, 4) is 11.4 Å². The minimum Gasteiger partial charge on any atom is -0.487 e. The zero-order valence-corrected chi connectivity index (χ0v) is 19.6. The lowest BCUT2D eigenvalue weighted by Gasteiger charge is -2.29. The van der Waals surface area contributed by atoms with E-state index in [1.807, 2.05) is 18.2 Å². The maximum atomic E-state index is 13.9. The van der Waals surface area contributed by atoms with Crippen LogP contribution >= 0.6 is 11.6 Å². The van der Waals surface area contributed by atoms with E-state index in [0.29, 0.717) is 24.5 Å². The number of hydrogen-bond donors (Lipinski definition) is 1. The van der Waals surface area contributed by atoms with Crippen molar-refractivity contribution >= 4 is 17.5 Å². The highest BCUT2D eigenvalue weighted by Gasteiger charge is 2.22. The third-order valence-corrected chi connectivity index (χ3v) is 6.19. The molecule has 1 aliphatic heterocycles. The van der Waals surface area contributed by atoms with Crippen LogP contribution < -0.4 is 15.6 Å². The zero-order chi connectivity index (χ0) is 24.4. The van der Waals surface area contributed by atoms with Crippen LogP contribution in [-0.4, -0.2) is 35.5 Å². The number of ether oxygens (including phenoxy) is 1. The van der Waals surface area contributed by atoms with Crippen molar-refractivity contribution in [2.24, 2.45) is 0 Å². The Balaban J connectivity index is 1.61. The van der Waals surface area contributed by atoms with Crippen molar-refractivity contribution in [1.82, 2.24) is 14.8 Å². The Morgan fingerprint density at radius 3 is 2.68 bits per heavy atom. The molecule has 2 aromatic carbocycles. The number of carbonyl (C=O) groups is 1. The van der Waals surface area contributed by atoms with Crippen molar-refractivity contribution in [2.45, 2.75) is 26.5 Å². The van der Waals surface area contributed by atoms with Gasteiger partial charge >= 0.3 is 0 Å². The summed E-state index contributed by atoms with van der Waals surface area (Å²) in [5.74, 6) is -1.28. The molecule has 0 saturated carbocycles. The van der Waals surface area contributed by atoms with Crippen molar-refractivity contribution in [2.75, 3.05) is 20.1 Å². The predicted molar refractivity (Wildman–Crippen MR) is 126 cm³/mol. The summed E-state index contributed by atoms with van der Waals surface area (Å²) in [7, 11) is 1.73. The van der Waals surface area contributed by atoms with Crippen molar-refractivity contribution < 1.29 is 18.3 Å². The number of carbonyl (C=O) groups excluding carboxylic acids is 1. The molecular formula is C25H24ClF2N3O3. The average molecular weight is 488 g/mol. The number of pyridine rings is 1. The van der Waals surface area contributed by atoms with Crippen LogP contribution in [0.5, 0.6) is 5.75 Å². The fraction of sp³-hybridized carbons (Fsp3) is 0.280. The third-order valence-electron chi connectivity index (χ3n) is 5.84. The first-order valence-corrected chi connectivity index (χ1v) is 11.2. The van der Waals surface area contributed by atoms with Gasteiger partial charge in [-0.05, 0) is 55.8 Å². The van der Waals surface area contributed by atoms with Gasteiger partial charge in [0.05, 0.1) is 6.54 Å². The molecule has 9 heteroatoms. The lowest BCUT2D eigenvalue weighted by atomic mass is 9.98. The molecule has 3 aromatic rings. The van der Waals surface area contributed by atoms with Gasteiger partial charge in [0.1, 0.15) is 29.0 Å². The van der Waals surface area contributed by atoms with Gasteiger partial charge in [-0.15, -0.1) is 0 Å². The second-order valence-electron chi connectivity index (χ2n) is 8.18. The monoisotopic (exact) mass is 487 g/mol. The fourth-order valence-electron chi connectivity index (χ4n) is 4.06. The van der Waals surface area contributed by atoms with Crippen molar-refractivity contribution in [3.63, 3.8) is 0 Å². The van der Waals surface area contributed by atoms with Gasteiger partial charge < -0.3 is 15.0 Å². The molecule has 0 unspecified atom stereocenters.